The summed E-state index contributed by atoms with van der Waals surface area (Å²) in [5.74, 6) is -0.902. The van der Waals surface area contributed by atoms with Crippen LogP contribution in [0.1, 0.15) is 271 Å². The number of rotatable bonds is 50. The summed E-state index contributed by atoms with van der Waals surface area (Å²) in [5.41, 5.74) is 0. The maximum absolute atomic E-state index is 13.1. The summed E-state index contributed by atoms with van der Waals surface area (Å²) in [6.07, 6.45) is 31.2. The lowest BCUT2D eigenvalue weighted by Gasteiger charge is -2.42. The molecule has 0 aromatic carbocycles. The van der Waals surface area contributed by atoms with E-state index in [1.54, 1.807) is 0 Å². The lowest BCUT2D eigenvalue weighted by atomic mass is 9.98. The predicted molar refractivity (Wildman–Crippen MR) is 289 cm³/mol. The maximum Gasteiger partial charge on any atom is 0.306 e. The molecule has 11 atom stereocenters. The number of unbranched alkanes of at least 4 members (excludes halogenated alkanes) is 36. The van der Waals surface area contributed by atoms with E-state index in [-0.39, 0.29) is 26.1 Å². The highest BCUT2D eigenvalue weighted by atomic mass is 16.7. The van der Waals surface area contributed by atoms with Crippen LogP contribution in [0.5, 0.6) is 0 Å². The van der Waals surface area contributed by atoms with Crippen molar-refractivity contribution in [3.63, 3.8) is 0 Å². The molecule has 0 amide bonds. The van der Waals surface area contributed by atoms with E-state index in [1.807, 2.05) is 0 Å². The number of aliphatic hydroxyl groups is 7. The van der Waals surface area contributed by atoms with Crippen molar-refractivity contribution in [1.82, 2.24) is 0 Å². The Morgan fingerprint density at radius 3 is 1.05 bits per heavy atom. The van der Waals surface area contributed by atoms with Crippen LogP contribution < -0.4 is 0 Å². The van der Waals surface area contributed by atoms with Gasteiger partial charge >= 0.3 is 11.9 Å². The Morgan fingerprint density at radius 2 is 0.689 bits per heavy atom. The number of aliphatic hydroxyl groups excluding tert-OH is 7. The molecule has 438 valence electrons. The molecule has 0 bridgehead atoms. The fraction of sp³-hybridized carbons (Fsp3) is 0.966. The monoisotopic (exact) mass is 1060 g/mol. The Bertz CT molecular complexity index is 1290. The standard InChI is InChI=1S/C59H112O15/c1-3-5-7-9-11-13-15-17-19-21-22-23-24-26-28-30-32-34-36-38-40-42-51(62)72-47(44-69-50(61)41-39-37-35-33-31-29-27-25-20-18-16-14-12-10-8-6-4-2)45-70-58-57(68)55(66)53(64)49(74-58)46-71-59-56(67)54(65)52(63)48(43-60)73-59/h47-49,52-60,63-68H,3-46H2,1-2H3/t47-,48+,49+,52-,53-,54?,55?,56?,57?,58+,59+/m1/s1. The first-order valence-electron chi connectivity index (χ1n) is 30.6. The van der Waals surface area contributed by atoms with E-state index < -0.39 is 92.7 Å². The molecule has 0 spiro atoms. The molecule has 2 aliphatic rings. The van der Waals surface area contributed by atoms with Gasteiger partial charge in [-0.2, -0.15) is 0 Å². The fourth-order valence-electron chi connectivity index (χ4n) is 10.1. The molecule has 74 heavy (non-hydrogen) atoms. The Kier molecular flexibility index (Phi) is 43.0. The van der Waals surface area contributed by atoms with Gasteiger partial charge < -0.3 is 64.2 Å². The Balaban J connectivity index is 1.72. The Labute approximate surface area is 448 Å². The second-order valence-electron chi connectivity index (χ2n) is 21.9. The Morgan fingerprint density at radius 1 is 0.378 bits per heavy atom. The van der Waals surface area contributed by atoms with Crippen LogP contribution in [0.25, 0.3) is 0 Å². The van der Waals surface area contributed by atoms with Crippen LogP contribution in [-0.4, -0.2) is 142 Å². The highest BCUT2D eigenvalue weighted by Crippen LogP contribution is 2.27. The van der Waals surface area contributed by atoms with Gasteiger partial charge in [-0.25, -0.2) is 0 Å². The quantitative estimate of drug-likeness (QED) is 0.0222. The number of ether oxygens (including phenoxy) is 6. The molecular weight excluding hydrogens is 949 g/mol. The second kappa shape index (κ2) is 46.4. The summed E-state index contributed by atoms with van der Waals surface area (Å²) in [4.78, 5) is 25.9. The molecule has 0 radical (unpaired) electrons. The SMILES string of the molecule is CCCCCCCCCCCCCCCCCCCCCCCC(=O)O[C@H](COC(=O)CCCCCCCCCCCCCCCCCCC)CO[C@H]1O[C@@H](CO[C@H]2O[C@@H](CO)[C@@H](O)C(O)C2O)[C@@H](O)C(O)C1O. The molecule has 15 nitrogen and oxygen atoms in total. The molecule has 0 aromatic heterocycles. The summed E-state index contributed by atoms with van der Waals surface area (Å²) >= 11 is 0. The van der Waals surface area contributed by atoms with Crippen LogP contribution in [0.2, 0.25) is 0 Å². The molecule has 0 saturated carbocycles. The molecule has 2 rings (SSSR count). The Hall–Kier alpha value is -1.50. The van der Waals surface area contributed by atoms with E-state index in [9.17, 15) is 45.3 Å². The molecule has 2 fully saturated rings. The third-order valence-corrected chi connectivity index (χ3v) is 15.1. The van der Waals surface area contributed by atoms with Crippen molar-refractivity contribution in [2.75, 3.05) is 26.4 Å². The third kappa shape index (κ3) is 33.1. The van der Waals surface area contributed by atoms with Crippen LogP contribution in [0.15, 0.2) is 0 Å². The number of esters is 2. The minimum Gasteiger partial charge on any atom is -0.462 e. The fourth-order valence-corrected chi connectivity index (χ4v) is 10.1. The minimum absolute atomic E-state index is 0.174. The van der Waals surface area contributed by atoms with Crippen LogP contribution >= 0.6 is 0 Å². The lowest BCUT2D eigenvalue weighted by Crippen LogP contribution is -2.61. The first-order valence-corrected chi connectivity index (χ1v) is 30.6. The van der Waals surface area contributed by atoms with Gasteiger partial charge in [-0.15, -0.1) is 0 Å². The molecule has 7 N–H and O–H groups in total. The van der Waals surface area contributed by atoms with Crippen molar-refractivity contribution in [2.45, 2.75) is 338 Å². The number of hydrogen-bond donors (Lipinski definition) is 7. The zero-order valence-electron chi connectivity index (χ0n) is 46.9. The van der Waals surface area contributed by atoms with Crippen molar-refractivity contribution in [3.8, 4) is 0 Å². The molecular formula is C59H112O15. The minimum atomic E-state index is -1.76. The molecule has 4 unspecified atom stereocenters. The summed E-state index contributed by atoms with van der Waals surface area (Å²) in [5, 5.41) is 72.3. The van der Waals surface area contributed by atoms with E-state index >= 15 is 0 Å². The van der Waals surface area contributed by atoms with Crippen LogP contribution in [0, 0.1) is 0 Å². The van der Waals surface area contributed by atoms with Crippen molar-refractivity contribution < 1.29 is 73.8 Å². The number of hydrogen-bond acceptors (Lipinski definition) is 15. The van der Waals surface area contributed by atoms with Crippen LogP contribution in [0.3, 0.4) is 0 Å². The second-order valence-corrected chi connectivity index (χ2v) is 21.9. The number of carbonyl (C=O) groups is 2. The van der Waals surface area contributed by atoms with Crippen LogP contribution in [-0.2, 0) is 38.0 Å². The zero-order valence-corrected chi connectivity index (χ0v) is 46.9. The summed E-state index contributed by atoms with van der Waals surface area (Å²) in [6, 6.07) is 0. The number of carbonyl (C=O) groups excluding carboxylic acids is 2. The molecule has 0 aromatic rings. The summed E-state index contributed by atoms with van der Waals surface area (Å²) in [6.45, 7) is 2.67. The molecule has 2 aliphatic heterocycles. The van der Waals surface area contributed by atoms with Gasteiger partial charge in [0, 0.05) is 12.8 Å². The van der Waals surface area contributed by atoms with Gasteiger partial charge in [-0.05, 0) is 12.8 Å². The normalized spacial score (nSPS) is 24.6. The summed E-state index contributed by atoms with van der Waals surface area (Å²) in [7, 11) is 0. The average Bonchev–Trinajstić information content (AvgIpc) is 3.39. The van der Waals surface area contributed by atoms with E-state index in [4.69, 9.17) is 28.4 Å². The zero-order chi connectivity index (χ0) is 53.9. The van der Waals surface area contributed by atoms with Crippen molar-refractivity contribution in [2.24, 2.45) is 0 Å². The van der Waals surface area contributed by atoms with E-state index in [2.05, 4.69) is 13.8 Å². The van der Waals surface area contributed by atoms with Gasteiger partial charge in [0.25, 0.3) is 0 Å². The van der Waals surface area contributed by atoms with Crippen molar-refractivity contribution in [1.29, 1.82) is 0 Å². The molecule has 2 heterocycles. The van der Waals surface area contributed by atoms with Gasteiger partial charge in [-0.1, -0.05) is 245 Å². The van der Waals surface area contributed by atoms with Gasteiger partial charge in [-0.3, -0.25) is 9.59 Å². The van der Waals surface area contributed by atoms with E-state index in [1.165, 1.54) is 193 Å². The lowest BCUT2D eigenvalue weighted by molar-refractivity contribution is -0.332. The van der Waals surface area contributed by atoms with E-state index in [0.29, 0.717) is 12.8 Å². The first-order chi connectivity index (χ1) is 36.0. The first kappa shape index (κ1) is 68.6. The average molecular weight is 1060 g/mol. The highest BCUT2D eigenvalue weighted by molar-refractivity contribution is 5.70. The predicted octanol–water partition coefficient (Wildman–Crippen LogP) is 10.7. The van der Waals surface area contributed by atoms with Crippen LogP contribution in [0.4, 0.5) is 0 Å². The topological polar surface area (TPSA) is 231 Å². The molecule has 2 saturated heterocycles. The molecule has 15 heteroatoms. The molecule has 0 aliphatic carbocycles. The largest absolute Gasteiger partial charge is 0.462 e. The highest BCUT2D eigenvalue weighted by Gasteiger charge is 2.47. The smallest absolute Gasteiger partial charge is 0.306 e. The third-order valence-electron chi connectivity index (χ3n) is 15.1. The maximum atomic E-state index is 13.1. The van der Waals surface area contributed by atoms with Crippen molar-refractivity contribution >= 4 is 11.9 Å². The van der Waals surface area contributed by atoms with Gasteiger partial charge in [0.15, 0.2) is 18.7 Å². The van der Waals surface area contributed by atoms with E-state index in [0.717, 1.165) is 38.5 Å². The van der Waals surface area contributed by atoms with Gasteiger partial charge in [0.1, 0.15) is 55.4 Å². The van der Waals surface area contributed by atoms with Crippen molar-refractivity contribution in [3.05, 3.63) is 0 Å². The summed E-state index contributed by atoms with van der Waals surface area (Å²) < 4.78 is 33.8. The van der Waals surface area contributed by atoms with Gasteiger partial charge in [0.05, 0.1) is 19.8 Å². The van der Waals surface area contributed by atoms with Gasteiger partial charge in [0.2, 0.25) is 0 Å².